The number of nitrogens with one attached hydrogen (secondary N) is 1. The third kappa shape index (κ3) is 2.02. The van der Waals surface area contributed by atoms with Crippen LogP contribution in [0.4, 0.5) is 5.69 Å². The molecule has 2 heterocycles. The van der Waals surface area contributed by atoms with Crippen molar-refractivity contribution in [1.82, 2.24) is 14.4 Å². The van der Waals surface area contributed by atoms with Crippen LogP contribution in [0.1, 0.15) is 22.7 Å². The van der Waals surface area contributed by atoms with E-state index in [0.29, 0.717) is 5.65 Å². The number of hydrogen-bond acceptors (Lipinski definition) is 3. The summed E-state index contributed by atoms with van der Waals surface area (Å²) in [6.45, 7) is 0. The third-order valence-electron chi connectivity index (χ3n) is 4.92. The molecule has 5 nitrogen and oxygen atoms in total. The number of nitrogens with two attached hydrogens (primary N) is 1. The molecular formula is C20H16N4O. The fraction of sp³-hybridized carbons (Fsp3) is 0.100. The molecule has 0 spiro atoms. The van der Waals surface area contributed by atoms with Gasteiger partial charge >= 0.3 is 0 Å². The van der Waals surface area contributed by atoms with Crippen molar-refractivity contribution in [2.75, 3.05) is 5.73 Å². The predicted molar refractivity (Wildman–Crippen MR) is 97.7 cm³/mol. The lowest BCUT2D eigenvalue weighted by atomic mass is 9.92. The molecule has 0 fully saturated rings. The van der Waals surface area contributed by atoms with Crippen molar-refractivity contribution in [2.24, 2.45) is 0 Å². The Kier molecular flexibility index (Phi) is 2.85. The Labute approximate surface area is 143 Å². The van der Waals surface area contributed by atoms with Gasteiger partial charge in [0.2, 0.25) is 5.65 Å². The van der Waals surface area contributed by atoms with Crippen LogP contribution in [0.5, 0.6) is 0 Å². The quantitative estimate of drug-likeness (QED) is 0.555. The Morgan fingerprint density at radius 3 is 2.92 bits per heavy atom. The first kappa shape index (κ1) is 14.0. The Morgan fingerprint density at radius 2 is 2.04 bits per heavy atom. The Hall–Kier alpha value is -3.34. The van der Waals surface area contributed by atoms with Crippen LogP contribution in [-0.4, -0.2) is 14.4 Å². The lowest BCUT2D eigenvalue weighted by Crippen LogP contribution is -2.15. The third-order valence-corrected chi connectivity index (χ3v) is 4.92. The number of aromatic nitrogens is 3. The van der Waals surface area contributed by atoms with Gasteiger partial charge in [0, 0.05) is 29.6 Å². The molecule has 5 rings (SSSR count). The van der Waals surface area contributed by atoms with Crippen molar-refractivity contribution in [1.29, 1.82) is 0 Å². The van der Waals surface area contributed by atoms with Gasteiger partial charge in [-0.1, -0.05) is 36.4 Å². The zero-order chi connectivity index (χ0) is 17.0. The van der Waals surface area contributed by atoms with Gasteiger partial charge in [-0.25, -0.2) is 4.98 Å². The molecular weight excluding hydrogens is 312 g/mol. The van der Waals surface area contributed by atoms with Gasteiger partial charge < -0.3 is 10.7 Å². The van der Waals surface area contributed by atoms with Gasteiger partial charge in [-0.3, -0.25) is 9.20 Å². The van der Waals surface area contributed by atoms with Crippen LogP contribution in [0, 0.1) is 0 Å². The van der Waals surface area contributed by atoms with E-state index in [4.69, 9.17) is 5.73 Å². The molecule has 5 heteroatoms. The molecule has 0 radical (unpaired) electrons. The molecule has 122 valence electrons. The topological polar surface area (TPSA) is 76.2 Å². The van der Waals surface area contributed by atoms with E-state index in [9.17, 15) is 4.79 Å². The van der Waals surface area contributed by atoms with Crippen LogP contribution in [-0.2, 0) is 6.42 Å². The summed E-state index contributed by atoms with van der Waals surface area (Å²) in [6.07, 6.45) is 4.35. The second-order valence-electron chi connectivity index (χ2n) is 6.42. The number of hydrogen-bond donors (Lipinski definition) is 2. The van der Waals surface area contributed by atoms with Crippen LogP contribution in [0.2, 0.25) is 0 Å². The summed E-state index contributed by atoms with van der Waals surface area (Å²) in [6, 6.07) is 16.2. The minimum atomic E-state index is -0.164. The molecule has 25 heavy (non-hydrogen) atoms. The van der Waals surface area contributed by atoms with Crippen molar-refractivity contribution in [3.63, 3.8) is 0 Å². The summed E-state index contributed by atoms with van der Waals surface area (Å²) in [7, 11) is 0. The number of nitrogen functional groups attached to an aromatic ring is 1. The standard InChI is InChI=1S/C20H16N4O/c21-13-5-3-4-12(10-13)11-16-14-6-1-2-7-15(14)17-18(16)24-9-8-22-19(24)20(25)23-17/h1-10,16H,11,21H2,(H,23,25). The van der Waals surface area contributed by atoms with E-state index in [0.717, 1.165) is 29.1 Å². The smallest absolute Gasteiger partial charge is 0.292 e. The summed E-state index contributed by atoms with van der Waals surface area (Å²) >= 11 is 0. The molecule has 0 bridgehead atoms. The first-order valence-corrected chi connectivity index (χ1v) is 8.25. The fourth-order valence-corrected chi connectivity index (χ4v) is 3.91. The van der Waals surface area contributed by atoms with Gasteiger partial charge in [0.15, 0.2) is 0 Å². The first-order chi connectivity index (χ1) is 12.2. The van der Waals surface area contributed by atoms with E-state index in [1.54, 1.807) is 6.20 Å². The Bertz CT molecular complexity index is 1170. The van der Waals surface area contributed by atoms with Gasteiger partial charge in [0.25, 0.3) is 5.56 Å². The Balaban J connectivity index is 1.77. The summed E-state index contributed by atoms with van der Waals surface area (Å²) in [5.41, 5.74) is 12.4. The monoisotopic (exact) mass is 328 g/mol. The van der Waals surface area contributed by atoms with Gasteiger partial charge in [0.05, 0.1) is 11.4 Å². The average molecular weight is 328 g/mol. The van der Waals surface area contributed by atoms with E-state index in [1.807, 2.05) is 40.9 Å². The molecule has 0 saturated heterocycles. The number of anilines is 1. The fourth-order valence-electron chi connectivity index (χ4n) is 3.91. The summed E-state index contributed by atoms with van der Waals surface area (Å²) < 4.78 is 1.92. The highest BCUT2D eigenvalue weighted by molar-refractivity contribution is 5.75. The number of rotatable bonds is 2. The Morgan fingerprint density at radius 1 is 1.16 bits per heavy atom. The highest BCUT2D eigenvalue weighted by Gasteiger charge is 2.32. The average Bonchev–Trinajstić information content (AvgIpc) is 3.20. The molecule has 0 aliphatic heterocycles. The van der Waals surface area contributed by atoms with Gasteiger partial charge in [-0.15, -0.1) is 0 Å². The van der Waals surface area contributed by atoms with Crippen molar-refractivity contribution >= 4 is 11.3 Å². The molecule has 2 aromatic heterocycles. The molecule has 0 amide bonds. The van der Waals surface area contributed by atoms with E-state index in [1.165, 1.54) is 11.1 Å². The normalized spacial score (nSPS) is 15.3. The maximum absolute atomic E-state index is 12.4. The molecule has 4 aromatic rings. The number of aromatic amines is 1. The van der Waals surface area contributed by atoms with Crippen LogP contribution in [0.15, 0.2) is 65.7 Å². The maximum Gasteiger partial charge on any atom is 0.292 e. The zero-order valence-corrected chi connectivity index (χ0v) is 13.4. The maximum atomic E-state index is 12.4. The summed E-state index contributed by atoms with van der Waals surface area (Å²) in [5.74, 6) is 0.140. The molecule has 1 unspecified atom stereocenters. The highest BCUT2D eigenvalue weighted by atomic mass is 16.1. The molecule has 0 saturated carbocycles. The van der Waals surface area contributed by atoms with Crippen LogP contribution < -0.4 is 11.3 Å². The minimum Gasteiger partial charge on any atom is -0.399 e. The lowest BCUT2D eigenvalue weighted by Gasteiger charge is -2.15. The van der Waals surface area contributed by atoms with Crippen LogP contribution >= 0.6 is 0 Å². The largest absolute Gasteiger partial charge is 0.399 e. The van der Waals surface area contributed by atoms with Crippen molar-refractivity contribution in [2.45, 2.75) is 12.3 Å². The highest BCUT2D eigenvalue weighted by Crippen LogP contribution is 2.44. The van der Waals surface area contributed by atoms with Crippen molar-refractivity contribution in [3.05, 3.63) is 88.1 Å². The SMILES string of the molecule is Nc1cccc(CC2c3ccccc3-c3[nH]c(=O)c4nccn4c32)c1. The van der Waals surface area contributed by atoms with Gasteiger partial charge in [-0.05, 0) is 29.7 Å². The van der Waals surface area contributed by atoms with E-state index < -0.39 is 0 Å². The summed E-state index contributed by atoms with van der Waals surface area (Å²) in [4.78, 5) is 19.6. The van der Waals surface area contributed by atoms with Gasteiger partial charge in [0.1, 0.15) is 0 Å². The number of nitrogens with zero attached hydrogens (tertiary/aromatic N) is 2. The molecule has 1 atom stereocenters. The summed E-state index contributed by atoms with van der Waals surface area (Å²) in [5, 5.41) is 0. The number of benzene rings is 2. The first-order valence-electron chi connectivity index (χ1n) is 8.25. The second-order valence-corrected chi connectivity index (χ2v) is 6.42. The zero-order valence-electron chi connectivity index (χ0n) is 13.4. The molecule has 2 aromatic carbocycles. The van der Waals surface area contributed by atoms with E-state index in [2.05, 4.69) is 28.2 Å². The molecule has 1 aliphatic carbocycles. The second kappa shape index (κ2) is 5.08. The van der Waals surface area contributed by atoms with Crippen LogP contribution in [0.25, 0.3) is 16.9 Å². The van der Waals surface area contributed by atoms with E-state index in [-0.39, 0.29) is 11.5 Å². The van der Waals surface area contributed by atoms with Crippen molar-refractivity contribution < 1.29 is 0 Å². The predicted octanol–water partition coefficient (Wildman–Crippen LogP) is 2.96. The number of imidazole rings is 1. The minimum absolute atomic E-state index is 0.140. The molecule has 3 N–H and O–H groups in total. The molecule has 1 aliphatic rings. The number of fused-ring (bicyclic) bond motifs is 5. The van der Waals surface area contributed by atoms with E-state index >= 15 is 0 Å². The lowest BCUT2D eigenvalue weighted by molar-refractivity contribution is 0.776. The number of H-pyrrole nitrogens is 1. The van der Waals surface area contributed by atoms with Crippen LogP contribution in [0.3, 0.4) is 0 Å². The van der Waals surface area contributed by atoms with Gasteiger partial charge in [-0.2, -0.15) is 0 Å². The van der Waals surface area contributed by atoms with Crippen molar-refractivity contribution in [3.8, 4) is 11.3 Å².